The highest BCUT2D eigenvalue weighted by atomic mass is 16.5. The number of ether oxygens (including phenoxy) is 2. The van der Waals surface area contributed by atoms with Crippen LogP contribution in [-0.2, 0) is 0 Å². The van der Waals surface area contributed by atoms with Crippen molar-refractivity contribution in [2.75, 3.05) is 20.8 Å². The molecule has 0 amide bonds. The topological polar surface area (TPSA) is 108 Å². The largest absolute Gasteiger partial charge is 0.502 e. The zero-order valence-electron chi connectivity index (χ0n) is 9.49. The van der Waals surface area contributed by atoms with E-state index >= 15 is 0 Å². The first-order valence-electron chi connectivity index (χ1n) is 4.77. The Balaban J connectivity index is 3.29. The summed E-state index contributed by atoms with van der Waals surface area (Å²) in [7, 11) is 2.78. The van der Waals surface area contributed by atoms with E-state index < -0.39 is 6.04 Å². The Morgan fingerprint density at radius 1 is 1.35 bits per heavy atom. The van der Waals surface area contributed by atoms with Crippen LogP contribution in [0.15, 0.2) is 17.2 Å². The highest BCUT2D eigenvalue weighted by Gasteiger charge is 2.16. The molecule has 1 atom stereocenters. The second kappa shape index (κ2) is 5.83. The van der Waals surface area contributed by atoms with Gasteiger partial charge >= 0.3 is 0 Å². The molecule has 17 heavy (non-hydrogen) atoms. The summed E-state index contributed by atoms with van der Waals surface area (Å²) >= 11 is 0. The van der Waals surface area contributed by atoms with Gasteiger partial charge in [-0.2, -0.15) is 0 Å². The van der Waals surface area contributed by atoms with E-state index in [1.54, 1.807) is 0 Å². The van der Waals surface area contributed by atoms with E-state index in [0.29, 0.717) is 5.56 Å². The average Bonchev–Trinajstić information content (AvgIpc) is 2.36. The van der Waals surface area contributed by atoms with Gasteiger partial charge in [-0.15, -0.1) is 0 Å². The molecule has 0 heterocycles. The number of rotatable bonds is 5. The molecular formula is C10H13N3O4. The summed E-state index contributed by atoms with van der Waals surface area (Å²) in [6, 6.07) is 2.21. The molecule has 0 saturated heterocycles. The zero-order chi connectivity index (χ0) is 12.8. The first kappa shape index (κ1) is 13.0. The van der Waals surface area contributed by atoms with Gasteiger partial charge in [-0.05, 0) is 23.2 Å². The molecule has 92 valence electrons. The summed E-state index contributed by atoms with van der Waals surface area (Å²) < 4.78 is 9.91. The lowest BCUT2D eigenvalue weighted by atomic mass is 10.1. The van der Waals surface area contributed by atoms with E-state index in [4.69, 9.17) is 20.1 Å². The maximum Gasteiger partial charge on any atom is 0.200 e. The van der Waals surface area contributed by atoms with Crippen LogP contribution in [0.2, 0.25) is 0 Å². The molecule has 7 nitrogen and oxygen atoms in total. The second-order valence-corrected chi connectivity index (χ2v) is 3.18. The summed E-state index contributed by atoms with van der Waals surface area (Å²) in [5.74, 6) is 0.230. The highest BCUT2D eigenvalue weighted by molar-refractivity contribution is 5.53. The molecule has 0 saturated carbocycles. The van der Waals surface area contributed by atoms with Crippen LogP contribution in [0.3, 0.4) is 0 Å². The van der Waals surface area contributed by atoms with Gasteiger partial charge < -0.3 is 19.7 Å². The Morgan fingerprint density at radius 2 is 1.88 bits per heavy atom. The number of aliphatic hydroxyl groups excluding tert-OH is 1. The van der Waals surface area contributed by atoms with Crippen LogP contribution < -0.4 is 9.47 Å². The molecule has 1 unspecified atom stereocenters. The molecule has 0 fully saturated rings. The Morgan fingerprint density at radius 3 is 2.24 bits per heavy atom. The number of hydrogen-bond acceptors (Lipinski definition) is 5. The van der Waals surface area contributed by atoms with Crippen molar-refractivity contribution in [1.29, 1.82) is 0 Å². The fourth-order valence-corrected chi connectivity index (χ4v) is 1.38. The van der Waals surface area contributed by atoms with Crippen LogP contribution in [0.1, 0.15) is 11.6 Å². The SMILES string of the molecule is COc1cc(C(CO)N=[N+]=[N-])cc(OC)c1O. The molecule has 0 aliphatic carbocycles. The average molecular weight is 239 g/mol. The minimum atomic E-state index is -0.747. The monoisotopic (exact) mass is 239 g/mol. The number of nitrogens with zero attached hydrogens (tertiary/aromatic N) is 3. The summed E-state index contributed by atoms with van der Waals surface area (Å²) in [4.78, 5) is 2.64. The lowest BCUT2D eigenvalue weighted by Crippen LogP contribution is -2.01. The summed E-state index contributed by atoms with van der Waals surface area (Å²) in [6.07, 6.45) is 0. The first-order chi connectivity index (χ1) is 8.17. The van der Waals surface area contributed by atoms with Crippen LogP contribution in [-0.4, -0.2) is 31.0 Å². The zero-order valence-corrected chi connectivity index (χ0v) is 9.49. The van der Waals surface area contributed by atoms with Gasteiger partial charge in [-0.1, -0.05) is 5.11 Å². The number of aromatic hydroxyl groups is 1. The predicted octanol–water partition coefficient (Wildman–Crippen LogP) is 1.75. The normalized spacial score (nSPS) is 11.5. The van der Waals surface area contributed by atoms with Crippen molar-refractivity contribution >= 4 is 0 Å². The molecule has 1 rings (SSSR count). The van der Waals surface area contributed by atoms with E-state index in [2.05, 4.69) is 10.0 Å². The Kier molecular flexibility index (Phi) is 4.45. The molecule has 1 aromatic carbocycles. The Hall–Kier alpha value is -2.11. The molecule has 0 aliphatic rings. The number of hydrogen-bond donors (Lipinski definition) is 2. The van der Waals surface area contributed by atoms with E-state index in [0.717, 1.165) is 0 Å². The van der Waals surface area contributed by atoms with Gasteiger partial charge in [0, 0.05) is 4.91 Å². The van der Waals surface area contributed by atoms with Gasteiger partial charge in [-0.25, -0.2) is 0 Å². The number of phenolic OH excluding ortho intramolecular Hbond substituents is 1. The number of phenols is 1. The third-order valence-corrected chi connectivity index (χ3v) is 2.25. The van der Waals surface area contributed by atoms with E-state index in [9.17, 15) is 5.11 Å². The maximum atomic E-state index is 9.68. The van der Waals surface area contributed by atoms with Gasteiger partial charge in [0.1, 0.15) is 0 Å². The predicted molar refractivity (Wildman–Crippen MR) is 60.2 cm³/mol. The fourth-order valence-electron chi connectivity index (χ4n) is 1.38. The first-order valence-corrected chi connectivity index (χ1v) is 4.77. The van der Waals surface area contributed by atoms with Crippen LogP contribution >= 0.6 is 0 Å². The second-order valence-electron chi connectivity index (χ2n) is 3.18. The van der Waals surface area contributed by atoms with Crippen LogP contribution in [0.4, 0.5) is 0 Å². The molecule has 1 aromatic rings. The van der Waals surface area contributed by atoms with Gasteiger partial charge in [0.25, 0.3) is 0 Å². The van der Waals surface area contributed by atoms with E-state index in [-0.39, 0.29) is 23.9 Å². The molecule has 7 heteroatoms. The quantitative estimate of drug-likeness (QED) is 0.463. The van der Waals surface area contributed by atoms with Gasteiger partial charge in [0.15, 0.2) is 11.5 Å². The molecule has 0 aromatic heterocycles. The number of methoxy groups -OCH3 is 2. The third kappa shape index (κ3) is 2.72. The van der Waals surface area contributed by atoms with Crippen molar-refractivity contribution in [3.8, 4) is 17.2 Å². The van der Waals surface area contributed by atoms with Crippen molar-refractivity contribution in [3.63, 3.8) is 0 Å². The molecular weight excluding hydrogens is 226 g/mol. The molecule has 0 spiro atoms. The van der Waals surface area contributed by atoms with Gasteiger partial charge in [0.05, 0.1) is 26.9 Å². The van der Waals surface area contributed by atoms with Crippen molar-refractivity contribution in [2.24, 2.45) is 5.11 Å². The van der Waals surface area contributed by atoms with E-state index in [1.165, 1.54) is 26.4 Å². The van der Waals surface area contributed by atoms with Crippen molar-refractivity contribution in [3.05, 3.63) is 28.1 Å². The number of azide groups is 1. The van der Waals surface area contributed by atoms with Crippen molar-refractivity contribution in [2.45, 2.75) is 6.04 Å². The summed E-state index contributed by atoms with van der Waals surface area (Å²) in [5.41, 5.74) is 8.87. The van der Waals surface area contributed by atoms with Crippen LogP contribution in [0.25, 0.3) is 10.4 Å². The standard InChI is InChI=1S/C10H13N3O4/c1-16-8-3-6(7(5-14)12-13-11)4-9(17-2)10(8)15/h3-4,7,14-15H,5H2,1-2H3. The molecule has 0 radical (unpaired) electrons. The molecule has 2 N–H and O–H groups in total. The minimum absolute atomic E-state index is 0.142. The number of aliphatic hydroxyl groups is 1. The van der Waals surface area contributed by atoms with Crippen LogP contribution in [0.5, 0.6) is 17.2 Å². The lowest BCUT2D eigenvalue weighted by Gasteiger charge is -2.14. The van der Waals surface area contributed by atoms with Crippen molar-refractivity contribution in [1.82, 2.24) is 0 Å². The van der Waals surface area contributed by atoms with Gasteiger partial charge in [0.2, 0.25) is 5.75 Å². The fraction of sp³-hybridized carbons (Fsp3) is 0.400. The molecule has 0 bridgehead atoms. The highest BCUT2D eigenvalue weighted by Crippen LogP contribution is 2.39. The summed E-state index contributed by atoms with van der Waals surface area (Å²) in [5, 5.41) is 22.2. The van der Waals surface area contributed by atoms with Crippen molar-refractivity contribution < 1.29 is 19.7 Å². The molecule has 0 aliphatic heterocycles. The minimum Gasteiger partial charge on any atom is -0.502 e. The van der Waals surface area contributed by atoms with Gasteiger partial charge in [-0.3, -0.25) is 0 Å². The Bertz CT molecular complexity index is 418. The van der Waals surface area contributed by atoms with Crippen LogP contribution in [0, 0.1) is 0 Å². The maximum absolute atomic E-state index is 9.68. The third-order valence-electron chi connectivity index (χ3n) is 2.25. The summed E-state index contributed by atoms with van der Waals surface area (Å²) in [6.45, 7) is -0.346. The smallest absolute Gasteiger partial charge is 0.200 e. The van der Waals surface area contributed by atoms with E-state index in [1.807, 2.05) is 0 Å². The Labute approximate surface area is 97.8 Å². The number of benzene rings is 1. The lowest BCUT2D eigenvalue weighted by molar-refractivity contribution is 0.266.